The van der Waals surface area contributed by atoms with Crippen LogP contribution in [0.25, 0.3) is 10.9 Å². The SMILES string of the molecule is CCCNc1c2c(nc3ccccc13)CCCC2=O. The Morgan fingerprint density at radius 3 is 2.95 bits per heavy atom. The lowest BCUT2D eigenvalue weighted by Gasteiger charge is -2.20. The van der Waals surface area contributed by atoms with E-state index in [0.29, 0.717) is 6.42 Å². The highest BCUT2D eigenvalue weighted by Crippen LogP contribution is 2.33. The average molecular weight is 254 g/mol. The topological polar surface area (TPSA) is 42.0 Å². The van der Waals surface area contributed by atoms with E-state index in [4.69, 9.17) is 0 Å². The van der Waals surface area contributed by atoms with Gasteiger partial charge in [0.2, 0.25) is 0 Å². The number of nitrogens with one attached hydrogen (secondary N) is 1. The predicted molar refractivity (Wildman–Crippen MR) is 77.8 cm³/mol. The molecule has 1 N–H and O–H groups in total. The number of nitrogens with zero attached hydrogens (tertiary/aromatic N) is 1. The summed E-state index contributed by atoms with van der Waals surface area (Å²) in [5.41, 5.74) is 3.77. The number of hydrogen-bond acceptors (Lipinski definition) is 3. The number of Topliss-reactive ketones (excluding diaryl/α,β-unsaturated/α-hetero) is 1. The van der Waals surface area contributed by atoms with Gasteiger partial charge in [-0.3, -0.25) is 9.78 Å². The molecule has 3 nitrogen and oxygen atoms in total. The number of pyridine rings is 1. The van der Waals surface area contributed by atoms with Crippen molar-refractivity contribution in [3.8, 4) is 0 Å². The molecule has 3 rings (SSSR count). The molecule has 1 heterocycles. The van der Waals surface area contributed by atoms with Gasteiger partial charge in [0, 0.05) is 18.4 Å². The molecule has 0 bridgehead atoms. The molecular formula is C16H18N2O. The summed E-state index contributed by atoms with van der Waals surface area (Å²) in [6, 6.07) is 8.06. The summed E-state index contributed by atoms with van der Waals surface area (Å²) in [7, 11) is 0. The van der Waals surface area contributed by atoms with Crippen molar-refractivity contribution in [2.75, 3.05) is 11.9 Å². The number of aromatic nitrogens is 1. The zero-order valence-corrected chi connectivity index (χ0v) is 11.2. The molecule has 2 aromatic rings. The summed E-state index contributed by atoms with van der Waals surface area (Å²) in [4.78, 5) is 16.9. The smallest absolute Gasteiger partial charge is 0.166 e. The number of anilines is 1. The maximum atomic E-state index is 12.2. The second kappa shape index (κ2) is 5.00. The third-order valence-electron chi connectivity index (χ3n) is 3.62. The van der Waals surface area contributed by atoms with Crippen LogP contribution in [0.2, 0.25) is 0 Å². The lowest BCUT2D eigenvalue weighted by atomic mass is 9.91. The van der Waals surface area contributed by atoms with Crippen molar-refractivity contribution in [1.82, 2.24) is 4.98 Å². The van der Waals surface area contributed by atoms with E-state index in [2.05, 4.69) is 17.2 Å². The summed E-state index contributed by atoms with van der Waals surface area (Å²) in [5.74, 6) is 0.234. The van der Waals surface area contributed by atoms with Crippen LogP contribution in [0.3, 0.4) is 0 Å². The maximum absolute atomic E-state index is 12.2. The number of benzene rings is 1. The van der Waals surface area contributed by atoms with Gasteiger partial charge in [-0.15, -0.1) is 0 Å². The van der Waals surface area contributed by atoms with E-state index in [-0.39, 0.29) is 5.78 Å². The van der Waals surface area contributed by atoms with Crippen LogP contribution in [0.5, 0.6) is 0 Å². The van der Waals surface area contributed by atoms with Crippen LogP contribution >= 0.6 is 0 Å². The number of hydrogen-bond donors (Lipinski definition) is 1. The van der Waals surface area contributed by atoms with Crippen molar-refractivity contribution in [3.63, 3.8) is 0 Å². The number of ketones is 1. The van der Waals surface area contributed by atoms with Gasteiger partial charge in [-0.2, -0.15) is 0 Å². The number of carbonyl (C=O) groups is 1. The molecule has 0 amide bonds. The summed E-state index contributed by atoms with van der Waals surface area (Å²) >= 11 is 0. The quantitative estimate of drug-likeness (QED) is 0.910. The van der Waals surface area contributed by atoms with E-state index < -0.39 is 0 Å². The first kappa shape index (κ1) is 12.2. The summed E-state index contributed by atoms with van der Waals surface area (Å²) in [6.45, 7) is 3.01. The minimum Gasteiger partial charge on any atom is -0.384 e. The molecular weight excluding hydrogens is 236 g/mol. The standard InChI is InChI=1S/C16H18N2O/c1-2-10-17-16-11-6-3-4-7-12(11)18-13-8-5-9-14(19)15(13)16/h3-4,6-7H,2,5,8-10H2,1H3,(H,17,18). The molecule has 0 radical (unpaired) electrons. The van der Waals surface area contributed by atoms with Crippen molar-refractivity contribution in [1.29, 1.82) is 0 Å². The Labute approximate surface area is 113 Å². The van der Waals surface area contributed by atoms with Crippen LogP contribution in [0, 0.1) is 0 Å². The van der Waals surface area contributed by atoms with E-state index in [1.807, 2.05) is 24.3 Å². The highest BCUT2D eigenvalue weighted by Gasteiger charge is 2.23. The Morgan fingerprint density at radius 2 is 2.11 bits per heavy atom. The molecule has 0 fully saturated rings. The fourth-order valence-corrected chi connectivity index (χ4v) is 2.72. The van der Waals surface area contributed by atoms with Crippen LogP contribution in [-0.4, -0.2) is 17.3 Å². The third-order valence-corrected chi connectivity index (χ3v) is 3.62. The molecule has 19 heavy (non-hydrogen) atoms. The molecule has 1 aromatic heterocycles. The van der Waals surface area contributed by atoms with Crippen molar-refractivity contribution < 1.29 is 4.79 Å². The van der Waals surface area contributed by atoms with Gasteiger partial charge in [-0.05, 0) is 25.3 Å². The number of carbonyl (C=O) groups excluding carboxylic acids is 1. The lowest BCUT2D eigenvalue weighted by molar-refractivity contribution is 0.0972. The minimum atomic E-state index is 0.234. The number of aryl methyl sites for hydroxylation is 1. The Balaban J connectivity index is 2.26. The van der Waals surface area contributed by atoms with Crippen molar-refractivity contribution in [2.45, 2.75) is 32.6 Å². The monoisotopic (exact) mass is 254 g/mol. The van der Waals surface area contributed by atoms with Crippen molar-refractivity contribution in [2.24, 2.45) is 0 Å². The van der Waals surface area contributed by atoms with Gasteiger partial charge in [-0.25, -0.2) is 0 Å². The highest BCUT2D eigenvalue weighted by molar-refractivity contribution is 6.09. The molecule has 1 aromatic carbocycles. The Morgan fingerprint density at radius 1 is 1.26 bits per heavy atom. The minimum absolute atomic E-state index is 0.234. The van der Waals surface area contributed by atoms with Crippen LogP contribution in [0.4, 0.5) is 5.69 Å². The Bertz CT molecular complexity index is 634. The first-order valence-corrected chi connectivity index (χ1v) is 7.00. The molecule has 0 saturated carbocycles. The molecule has 3 heteroatoms. The number of para-hydroxylation sites is 1. The average Bonchev–Trinajstić information content (AvgIpc) is 2.44. The van der Waals surface area contributed by atoms with E-state index >= 15 is 0 Å². The molecule has 0 unspecified atom stereocenters. The van der Waals surface area contributed by atoms with Gasteiger partial charge in [0.25, 0.3) is 0 Å². The largest absolute Gasteiger partial charge is 0.384 e. The van der Waals surface area contributed by atoms with E-state index in [1.54, 1.807) is 0 Å². The molecule has 0 spiro atoms. The van der Waals surface area contributed by atoms with Gasteiger partial charge in [0.15, 0.2) is 5.78 Å². The molecule has 1 aliphatic carbocycles. The fraction of sp³-hybridized carbons (Fsp3) is 0.375. The van der Waals surface area contributed by atoms with E-state index in [9.17, 15) is 4.79 Å². The van der Waals surface area contributed by atoms with Crippen molar-refractivity contribution >= 4 is 22.4 Å². The molecule has 0 atom stereocenters. The molecule has 98 valence electrons. The van der Waals surface area contributed by atoms with Crippen LogP contribution in [0.15, 0.2) is 24.3 Å². The van der Waals surface area contributed by atoms with Gasteiger partial charge < -0.3 is 5.32 Å². The molecule has 0 saturated heterocycles. The van der Waals surface area contributed by atoms with Gasteiger partial charge in [0.1, 0.15) is 0 Å². The lowest BCUT2D eigenvalue weighted by Crippen LogP contribution is -2.17. The summed E-state index contributed by atoms with van der Waals surface area (Å²) in [5, 5.41) is 4.50. The third kappa shape index (κ3) is 2.09. The highest BCUT2D eigenvalue weighted by atomic mass is 16.1. The van der Waals surface area contributed by atoms with Crippen molar-refractivity contribution in [3.05, 3.63) is 35.5 Å². The predicted octanol–water partition coefficient (Wildman–Crippen LogP) is 3.58. The fourth-order valence-electron chi connectivity index (χ4n) is 2.72. The molecule has 0 aliphatic heterocycles. The van der Waals surface area contributed by atoms with Gasteiger partial charge in [0.05, 0.1) is 22.5 Å². The Hall–Kier alpha value is -1.90. The number of fused-ring (bicyclic) bond motifs is 2. The van der Waals surface area contributed by atoms with Gasteiger partial charge in [-0.1, -0.05) is 25.1 Å². The van der Waals surface area contributed by atoms with Crippen LogP contribution in [0.1, 0.15) is 42.2 Å². The van der Waals surface area contributed by atoms with Gasteiger partial charge >= 0.3 is 0 Å². The maximum Gasteiger partial charge on any atom is 0.166 e. The second-order valence-electron chi connectivity index (χ2n) is 5.03. The number of rotatable bonds is 3. The van der Waals surface area contributed by atoms with Crippen LogP contribution < -0.4 is 5.32 Å². The van der Waals surface area contributed by atoms with E-state index in [1.165, 1.54) is 0 Å². The second-order valence-corrected chi connectivity index (χ2v) is 5.03. The molecule has 1 aliphatic rings. The van der Waals surface area contributed by atoms with E-state index in [0.717, 1.165) is 53.7 Å². The van der Waals surface area contributed by atoms with Crippen LogP contribution in [-0.2, 0) is 6.42 Å². The zero-order chi connectivity index (χ0) is 13.2. The summed E-state index contributed by atoms with van der Waals surface area (Å²) < 4.78 is 0. The first-order valence-electron chi connectivity index (χ1n) is 7.00. The Kier molecular flexibility index (Phi) is 3.20. The summed E-state index contributed by atoms with van der Waals surface area (Å²) in [6.07, 6.45) is 3.52. The first-order chi connectivity index (χ1) is 9.31. The normalized spacial score (nSPS) is 14.5. The zero-order valence-electron chi connectivity index (χ0n) is 11.2.